The topological polar surface area (TPSA) is 32.8 Å². The fourth-order valence-electron chi connectivity index (χ4n) is 5.55. The molecule has 1 atom stereocenters. The van der Waals surface area contributed by atoms with Gasteiger partial charge in [0.25, 0.3) is 0 Å². The molecule has 1 unspecified atom stereocenters. The molecule has 28 heavy (non-hydrogen) atoms. The molecule has 1 aromatic carbocycles. The van der Waals surface area contributed by atoms with Crippen molar-refractivity contribution in [2.24, 2.45) is 11.3 Å². The Morgan fingerprint density at radius 1 is 1.18 bits per heavy atom. The molecule has 1 spiro atoms. The summed E-state index contributed by atoms with van der Waals surface area (Å²) in [5.41, 5.74) is 1.70. The number of aryl methyl sites for hydroxylation is 1. The maximum Gasteiger partial charge on any atom is 0.222 e. The molecular formula is C24H36N2O2. The number of likely N-dealkylation sites (tertiary alicyclic amines) is 2. The van der Waals surface area contributed by atoms with Crippen molar-refractivity contribution >= 4 is 5.91 Å². The van der Waals surface area contributed by atoms with Gasteiger partial charge in [-0.1, -0.05) is 36.8 Å². The summed E-state index contributed by atoms with van der Waals surface area (Å²) in [5.74, 6) is 0.983. The summed E-state index contributed by atoms with van der Waals surface area (Å²) < 4.78 is 5.60. The third-order valence-electron chi connectivity index (χ3n) is 7.61. The van der Waals surface area contributed by atoms with Crippen molar-refractivity contribution < 1.29 is 9.53 Å². The number of hydrogen-bond donors (Lipinski definition) is 0. The zero-order valence-electron chi connectivity index (χ0n) is 17.4. The van der Waals surface area contributed by atoms with E-state index in [2.05, 4.69) is 34.1 Å². The number of rotatable bonds is 7. The van der Waals surface area contributed by atoms with Gasteiger partial charge in [-0.15, -0.1) is 0 Å². The van der Waals surface area contributed by atoms with Crippen molar-refractivity contribution in [3.8, 4) is 0 Å². The van der Waals surface area contributed by atoms with E-state index < -0.39 is 0 Å². The predicted octanol–water partition coefficient (Wildman–Crippen LogP) is 3.75. The zero-order valence-corrected chi connectivity index (χ0v) is 17.4. The number of methoxy groups -OCH3 is 1. The average Bonchev–Trinajstić information content (AvgIpc) is 2.99. The third-order valence-corrected chi connectivity index (χ3v) is 7.61. The standard InChI is InChI=1S/C24H36N2O2/c1-28-18-21-17-26(22-10-6-11-22)19-24(21)13-15-25(16-14-24)23(27)12-5-9-20-7-3-2-4-8-20/h2-4,7-8,21-22H,5-6,9-19H2,1H3. The molecule has 1 amide bonds. The summed E-state index contributed by atoms with van der Waals surface area (Å²) in [6.07, 6.45) is 9.07. The van der Waals surface area contributed by atoms with Crippen LogP contribution in [0.15, 0.2) is 30.3 Å². The maximum atomic E-state index is 12.7. The smallest absolute Gasteiger partial charge is 0.222 e. The van der Waals surface area contributed by atoms with Crippen LogP contribution in [0, 0.1) is 11.3 Å². The molecule has 0 bridgehead atoms. The molecule has 1 aliphatic carbocycles. The first-order chi connectivity index (χ1) is 13.7. The lowest BCUT2D eigenvalue weighted by molar-refractivity contribution is -0.134. The molecule has 3 fully saturated rings. The Labute approximate surface area is 170 Å². The van der Waals surface area contributed by atoms with E-state index in [1.54, 1.807) is 0 Å². The molecule has 3 aliphatic rings. The molecule has 4 nitrogen and oxygen atoms in total. The summed E-state index contributed by atoms with van der Waals surface area (Å²) in [7, 11) is 1.84. The normalized spacial score (nSPS) is 25.2. The Kier molecular flexibility index (Phi) is 6.37. The van der Waals surface area contributed by atoms with Gasteiger partial charge in [0, 0.05) is 51.7 Å². The highest BCUT2D eigenvalue weighted by Gasteiger charge is 2.50. The minimum absolute atomic E-state index is 0.350. The van der Waals surface area contributed by atoms with Crippen LogP contribution in [0.3, 0.4) is 0 Å². The van der Waals surface area contributed by atoms with E-state index in [1.165, 1.54) is 37.9 Å². The molecular weight excluding hydrogens is 348 g/mol. The maximum absolute atomic E-state index is 12.7. The summed E-state index contributed by atoms with van der Waals surface area (Å²) in [6, 6.07) is 11.3. The first-order valence-electron chi connectivity index (χ1n) is 11.2. The Morgan fingerprint density at radius 3 is 2.57 bits per heavy atom. The lowest BCUT2D eigenvalue weighted by Gasteiger charge is -2.43. The fraction of sp³-hybridized carbons (Fsp3) is 0.708. The molecule has 4 heteroatoms. The highest BCUT2D eigenvalue weighted by Crippen LogP contribution is 2.47. The van der Waals surface area contributed by atoms with Gasteiger partial charge in [-0.3, -0.25) is 9.69 Å². The molecule has 1 saturated carbocycles. The van der Waals surface area contributed by atoms with Crippen LogP contribution in [0.25, 0.3) is 0 Å². The lowest BCUT2D eigenvalue weighted by atomic mass is 9.71. The molecule has 2 saturated heterocycles. The van der Waals surface area contributed by atoms with E-state index >= 15 is 0 Å². The van der Waals surface area contributed by atoms with Gasteiger partial charge in [0.1, 0.15) is 0 Å². The fourth-order valence-corrected chi connectivity index (χ4v) is 5.55. The van der Waals surface area contributed by atoms with Gasteiger partial charge in [-0.05, 0) is 49.5 Å². The second kappa shape index (κ2) is 8.96. The number of benzene rings is 1. The van der Waals surface area contributed by atoms with Gasteiger partial charge in [-0.25, -0.2) is 0 Å². The Balaban J connectivity index is 1.27. The quantitative estimate of drug-likeness (QED) is 0.718. The first kappa shape index (κ1) is 19.9. The van der Waals surface area contributed by atoms with Gasteiger partial charge in [0.05, 0.1) is 6.61 Å². The van der Waals surface area contributed by atoms with Crippen molar-refractivity contribution in [2.75, 3.05) is 39.9 Å². The van der Waals surface area contributed by atoms with E-state index in [0.29, 0.717) is 23.7 Å². The van der Waals surface area contributed by atoms with Crippen molar-refractivity contribution in [2.45, 2.75) is 57.4 Å². The van der Waals surface area contributed by atoms with E-state index in [1.807, 2.05) is 13.2 Å². The number of carbonyl (C=O) groups excluding carboxylic acids is 1. The van der Waals surface area contributed by atoms with E-state index in [-0.39, 0.29) is 0 Å². The number of piperidine rings is 1. The minimum atomic E-state index is 0.350. The number of hydrogen-bond acceptors (Lipinski definition) is 3. The predicted molar refractivity (Wildman–Crippen MR) is 112 cm³/mol. The average molecular weight is 385 g/mol. The van der Waals surface area contributed by atoms with Crippen LogP contribution in [-0.4, -0.2) is 61.6 Å². The molecule has 2 aliphatic heterocycles. The van der Waals surface area contributed by atoms with Crippen LogP contribution in [0.4, 0.5) is 0 Å². The molecule has 0 N–H and O–H groups in total. The highest BCUT2D eigenvalue weighted by atomic mass is 16.5. The molecule has 0 aromatic heterocycles. The van der Waals surface area contributed by atoms with Crippen LogP contribution in [0.1, 0.15) is 50.5 Å². The van der Waals surface area contributed by atoms with Crippen molar-refractivity contribution in [3.05, 3.63) is 35.9 Å². The number of carbonyl (C=O) groups is 1. The highest BCUT2D eigenvalue weighted by molar-refractivity contribution is 5.76. The van der Waals surface area contributed by atoms with E-state index in [4.69, 9.17) is 4.74 Å². The molecule has 0 radical (unpaired) electrons. The monoisotopic (exact) mass is 384 g/mol. The Morgan fingerprint density at radius 2 is 1.93 bits per heavy atom. The van der Waals surface area contributed by atoms with Crippen molar-refractivity contribution in [1.82, 2.24) is 9.80 Å². The Hall–Kier alpha value is -1.39. The van der Waals surface area contributed by atoms with Crippen LogP contribution in [0.2, 0.25) is 0 Å². The van der Waals surface area contributed by atoms with Gasteiger partial charge in [0.15, 0.2) is 0 Å². The number of ether oxygens (including phenoxy) is 1. The lowest BCUT2D eigenvalue weighted by Crippen LogP contribution is -2.47. The number of amides is 1. The van der Waals surface area contributed by atoms with Gasteiger partial charge in [0.2, 0.25) is 5.91 Å². The molecule has 4 rings (SSSR count). The SMILES string of the molecule is COCC1CN(C2CCC2)CC12CCN(C(=O)CCCc1ccccc1)CC2. The van der Waals surface area contributed by atoms with E-state index in [0.717, 1.165) is 51.4 Å². The third kappa shape index (κ3) is 4.28. The molecule has 1 aromatic rings. The van der Waals surface area contributed by atoms with Crippen molar-refractivity contribution in [1.29, 1.82) is 0 Å². The zero-order chi connectivity index (χ0) is 19.4. The first-order valence-corrected chi connectivity index (χ1v) is 11.2. The van der Waals surface area contributed by atoms with Crippen LogP contribution in [0.5, 0.6) is 0 Å². The second-order valence-corrected chi connectivity index (χ2v) is 9.25. The summed E-state index contributed by atoms with van der Waals surface area (Å²) in [6.45, 7) is 5.16. The van der Waals surface area contributed by atoms with Crippen molar-refractivity contribution in [3.63, 3.8) is 0 Å². The van der Waals surface area contributed by atoms with Crippen LogP contribution >= 0.6 is 0 Å². The van der Waals surface area contributed by atoms with Gasteiger partial charge >= 0.3 is 0 Å². The summed E-state index contributed by atoms with van der Waals surface area (Å²) >= 11 is 0. The number of nitrogens with zero attached hydrogens (tertiary/aromatic N) is 2. The minimum Gasteiger partial charge on any atom is -0.384 e. The summed E-state index contributed by atoms with van der Waals surface area (Å²) in [5, 5.41) is 0. The van der Waals surface area contributed by atoms with Crippen LogP contribution in [-0.2, 0) is 16.0 Å². The molecule has 2 heterocycles. The second-order valence-electron chi connectivity index (χ2n) is 9.25. The van der Waals surface area contributed by atoms with E-state index in [9.17, 15) is 4.79 Å². The summed E-state index contributed by atoms with van der Waals surface area (Å²) in [4.78, 5) is 17.6. The van der Waals surface area contributed by atoms with Crippen LogP contribution < -0.4 is 0 Å². The Bertz CT molecular complexity index is 635. The molecule has 154 valence electrons. The van der Waals surface area contributed by atoms with Gasteiger partial charge < -0.3 is 9.64 Å². The van der Waals surface area contributed by atoms with Gasteiger partial charge in [-0.2, -0.15) is 0 Å². The largest absolute Gasteiger partial charge is 0.384 e.